The Morgan fingerprint density at radius 3 is 2.67 bits per heavy atom. The average molecular weight is 268 g/mol. The molecule has 1 aliphatic rings. The summed E-state index contributed by atoms with van der Waals surface area (Å²) in [5.41, 5.74) is -0.446. The van der Waals surface area contributed by atoms with Gasteiger partial charge >= 0.3 is 0 Å². The summed E-state index contributed by atoms with van der Waals surface area (Å²) in [7, 11) is 0. The highest BCUT2D eigenvalue weighted by atomic mass is 32.1. The second kappa shape index (κ2) is 3.98. The molecule has 1 aliphatic carbocycles. The van der Waals surface area contributed by atoms with Crippen LogP contribution in [0.15, 0.2) is 16.9 Å². The fraction of sp³-hybridized carbons (Fsp3) is 0.333. The zero-order valence-corrected chi connectivity index (χ0v) is 10.2. The number of aromatic amines is 1. The fourth-order valence-electron chi connectivity index (χ4n) is 2.24. The minimum atomic E-state index is -0.797. The lowest BCUT2D eigenvalue weighted by molar-refractivity contribution is 0.302. The van der Waals surface area contributed by atoms with Gasteiger partial charge in [0.25, 0.3) is 5.56 Å². The van der Waals surface area contributed by atoms with Crippen LogP contribution in [0.1, 0.15) is 25.3 Å². The van der Waals surface area contributed by atoms with Crippen molar-refractivity contribution in [1.29, 1.82) is 0 Å². The first kappa shape index (κ1) is 11.5. The molecule has 0 radical (unpaired) electrons. The second-order valence-electron chi connectivity index (χ2n) is 4.50. The first-order chi connectivity index (χ1) is 8.58. The molecule has 6 heteroatoms. The molecule has 2 aromatic rings. The third-order valence-electron chi connectivity index (χ3n) is 3.39. The van der Waals surface area contributed by atoms with Gasteiger partial charge in [-0.05, 0) is 37.5 Å². The minimum absolute atomic E-state index is 0.00741. The van der Waals surface area contributed by atoms with Crippen LogP contribution in [-0.2, 0) is 0 Å². The largest absolute Gasteiger partial charge is 0.329 e. The number of rotatable bonds is 1. The van der Waals surface area contributed by atoms with Crippen molar-refractivity contribution in [2.75, 3.05) is 0 Å². The van der Waals surface area contributed by atoms with Crippen molar-refractivity contribution in [2.24, 2.45) is 0 Å². The number of halogens is 2. The van der Waals surface area contributed by atoms with Gasteiger partial charge in [-0.2, -0.15) is 0 Å². The van der Waals surface area contributed by atoms with Crippen LogP contribution in [0.2, 0.25) is 0 Å². The third-order valence-corrected chi connectivity index (χ3v) is 3.69. The summed E-state index contributed by atoms with van der Waals surface area (Å²) in [6.07, 6.45) is 2.79. The average Bonchev–Trinajstić information content (AvgIpc) is 2.23. The first-order valence-corrected chi connectivity index (χ1v) is 6.12. The molecule has 0 atom stereocenters. The normalized spacial score (nSPS) is 15.9. The Morgan fingerprint density at radius 2 is 2.06 bits per heavy atom. The van der Waals surface area contributed by atoms with Gasteiger partial charge in [0.05, 0.1) is 10.9 Å². The molecule has 0 spiro atoms. The van der Waals surface area contributed by atoms with Crippen LogP contribution >= 0.6 is 12.2 Å². The Kier molecular flexibility index (Phi) is 2.55. The van der Waals surface area contributed by atoms with Crippen LogP contribution in [0, 0.1) is 16.4 Å². The van der Waals surface area contributed by atoms with Crippen molar-refractivity contribution in [3.63, 3.8) is 0 Å². The first-order valence-electron chi connectivity index (χ1n) is 5.71. The van der Waals surface area contributed by atoms with Crippen molar-refractivity contribution < 1.29 is 8.78 Å². The highest BCUT2D eigenvalue weighted by molar-refractivity contribution is 7.71. The molecule has 94 valence electrons. The molecule has 1 saturated carbocycles. The molecule has 1 fully saturated rings. The zero-order chi connectivity index (χ0) is 12.9. The highest BCUT2D eigenvalue weighted by Crippen LogP contribution is 2.30. The Bertz CT molecular complexity index is 746. The Labute approximate surface area is 106 Å². The van der Waals surface area contributed by atoms with Gasteiger partial charge in [0.1, 0.15) is 11.6 Å². The molecular formula is C12H10F2N2OS. The van der Waals surface area contributed by atoms with Crippen LogP contribution in [0.25, 0.3) is 10.9 Å². The standard InChI is InChI=1S/C12H10F2N2OS/c13-6-4-8-10(9(14)5-6)15-12(18)16(11(8)17)7-2-1-3-7/h4-5,7H,1-3H2,(H,15,18). The Hall–Kier alpha value is -1.56. The topological polar surface area (TPSA) is 37.8 Å². The second-order valence-corrected chi connectivity index (χ2v) is 4.89. The monoisotopic (exact) mass is 268 g/mol. The lowest BCUT2D eigenvalue weighted by atomic mass is 9.93. The molecule has 3 rings (SSSR count). The van der Waals surface area contributed by atoms with Gasteiger partial charge in [0, 0.05) is 12.1 Å². The molecule has 3 nitrogen and oxygen atoms in total. The Balaban J connectivity index is 2.40. The van der Waals surface area contributed by atoms with Crippen LogP contribution in [0.3, 0.4) is 0 Å². The van der Waals surface area contributed by atoms with Gasteiger partial charge in [-0.1, -0.05) is 0 Å². The summed E-state index contributed by atoms with van der Waals surface area (Å²) in [5.74, 6) is -1.56. The number of benzene rings is 1. The number of aromatic nitrogens is 2. The lowest BCUT2D eigenvalue weighted by Gasteiger charge is -2.27. The summed E-state index contributed by atoms with van der Waals surface area (Å²) in [6.45, 7) is 0. The number of hydrogen-bond acceptors (Lipinski definition) is 2. The number of H-pyrrole nitrogens is 1. The van der Waals surface area contributed by atoms with Crippen LogP contribution in [-0.4, -0.2) is 9.55 Å². The molecule has 0 saturated heterocycles. The quantitative estimate of drug-likeness (QED) is 0.807. The SMILES string of the molecule is O=c1c2cc(F)cc(F)c2[nH]c(=S)n1C1CCC1. The smallest absolute Gasteiger partial charge is 0.262 e. The Morgan fingerprint density at radius 1 is 1.33 bits per heavy atom. The van der Waals surface area contributed by atoms with Crippen molar-refractivity contribution in [3.05, 3.63) is 38.9 Å². The van der Waals surface area contributed by atoms with Crippen molar-refractivity contribution in [2.45, 2.75) is 25.3 Å². The summed E-state index contributed by atoms with van der Waals surface area (Å²) in [5, 5.41) is 0.00741. The van der Waals surface area contributed by atoms with E-state index in [0.29, 0.717) is 0 Å². The van der Waals surface area contributed by atoms with E-state index < -0.39 is 17.2 Å². The van der Waals surface area contributed by atoms with Gasteiger partial charge in [-0.15, -0.1) is 0 Å². The van der Waals surface area contributed by atoms with Gasteiger partial charge in [-0.3, -0.25) is 9.36 Å². The number of nitrogens with zero attached hydrogens (tertiary/aromatic N) is 1. The molecule has 0 bridgehead atoms. The molecule has 0 aliphatic heterocycles. The predicted molar refractivity (Wildman–Crippen MR) is 66.2 cm³/mol. The number of fused-ring (bicyclic) bond motifs is 1. The summed E-state index contributed by atoms with van der Waals surface area (Å²) in [6, 6.07) is 1.83. The van der Waals surface area contributed by atoms with Gasteiger partial charge < -0.3 is 4.98 Å². The summed E-state index contributed by atoms with van der Waals surface area (Å²) >= 11 is 5.08. The third kappa shape index (κ3) is 1.59. The van der Waals surface area contributed by atoms with Crippen LogP contribution in [0.5, 0.6) is 0 Å². The van der Waals surface area contributed by atoms with Gasteiger partial charge in [-0.25, -0.2) is 8.78 Å². The van der Waals surface area contributed by atoms with E-state index in [2.05, 4.69) is 4.98 Å². The predicted octanol–water partition coefficient (Wildman–Crippen LogP) is 3.06. The van der Waals surface area contributed by atoms with Crippen molar-refractivity contribution >= 4 is 23.1 Å². The van der Waals surface area contributed by atoms with E-state index in [1.807, 2.05) is 0 Å². The van der Waals surface area contributed by atoms with E-state index in [4.69, 9.17) is 12.2 Å². The minimum Gasteiger partial charge on any atom is -0.329 e. The summed E-state index contributed by atoms with van der Waals surface area (Å²) in [4.78, 5) is 14.9. The maximum absolute atomic E-state index is 13.6. The number of hydrogen-bond donors (Lipinski definition) is 1. The molecule has 0 amide bonds. The lowest BCUT2D eigenvalue weighted by Crippen LogP contribution is -2.30. The van der Waals surface area contributed by atoms with E-state index in [1.54, 1.807) is 0 Å². The maximum Gasteiger partial charge on any atom is 0.262 e. The molecule has 1 aromatic carbocycles. The number of nitrogens with one attached hydrogen (secondary N) is 1. The van der Waals surface area contributed by atoms with Crippen molar-refractivity contribution in [3.8, 4) is 0 Å². The molecular weight excluding hydrogens is 258 g/mol. The van der Waals surface area contributed by atoms with Crippen LogP contribution in [0.4, 0.5) is 8.78 Å². The van der Waals surface area contributed by atoms with Crippen molar-refractivity contribution in [1.82, 2.24) is 9.55 Å². The van der Waals surface area contributed by atoms with E-state index in [1.165, 1.54) is 4.57 Å². The van der Waals surface area contributed by atoms with Gasteiger partial charge in [0.15, 0.2) is 4.77 Å². The van der Waals surface area contributed by atoms with Gasteiger partial charge in [0.2, 0.25) is 0 Å². The van der Waals surface area contributed by atoms with E-state index in [-0.39, 0.29) is 21.7 Å². The fourth-order valence-corrected chi connectivity index (χ4v) is 2.57. The maximum atomic E-state index is 13.6. The molecule has 1 N–H and O–H groups in total. The van der Waals surface area contributed by atoms with Crippen LogP contribution < -0.4 is 5.56 Å². The molecule has 1 aromatic heterocycles. The molecule has 0 unspecified atom stereocenters. The molecule has 18 heavy (non-hydrogen) atoms. The van der Waals surface area contributed by atoms with E-state index in [9.17, 15) is 13.6 Å². The zero-order valence-electron chi connectivity index (χ0n) is 9.37. The molecule has 1 heterocycles. The van der Waals surface area contributed by atoms with E-state index >= 15 is 0 Å². The summed E-state index contributed by atoms with van der Waals surface area (Å²) < 4.78 is 28.4. The highest BCUT2D eigenvalue weighted by Gasteiger charge is 2.23. The van der Waals surface area contributed by atoms with E-state index in [0.717, 1.165) is 31.4 Å².